The van der Waals surface area contributed by atoms with Crippen LogP contribution in [0.3, 0.4) is 0 Å². The molecule has 21 heavy (non-hydrogen) atoms. The van der Waals surface area contributed by atoms with Gasteiger partial charge in [-0.25, -0.2) is 0 Å². The SMILES string of the molecule is CCNC(c1cc(C)ccc1C)C1CCOC2(CCC2)C1. The number of nitrogens with one attached hydrogen (secondary N) is 1. The van der Waals surface area contributed by atoms with Gasteiger partial charge in [-0.15, -0.1) is 0 Å². The Morgan fingerprint density at radius 1 is 1.33 bits per heavy atom. The zero-order valence-electron chi connectivity index (χ0n) is 13.7. The fraction of sp³-hybridized carbons (Fsp3) is 0.684. The molecule has 2 unspecified atom stereocenters. The molecule has 116 valence electrons. The van der Waals surface area contributed by atoms with Gasteiger partial charge in [-0.1, -0.05) is 30.7 Å². The van der Waals surface area contributed by atoms with Gasteiger partial charge < -0.3 is 10.1 Å². The third-order valence-corrected chi connectivity index (χ3v) is 5.46. The zero-order valence-corrected chi connectivity index (χ0v) is 13.7. The fourth-order valence-corrected chi connectivity index (χ4v) is 4.12. The van der Waals surface area contributed by atoms with E-state index in [4.69, 9.17) is 4.74 Å². The Bertz CT molecular complexity index is 492. The summed E-state index contributed by atoms with van der Waals surface area (Å²) in [5, 5.41) is 3.77. The average molecular weight is 287 g/mol. The molecule has 1 saturated carbocycles. The van der Waals surface area contributed by atoms with Gasteiger partial charge in [0.15, 0.2) is 0 Å². The molecule has 1 N–H and O–H groups in total. The molecule has 1 heterocycles. The van der Waals surface area contributed by atoms with Crippen molar-refractivity contribution in [1.29, 1.82) is 0 Å². The fourth-order valence-electron chi connectivity index (χ4n) is 4.12. The van der Waals surface area contributed by atoms with Crippen molar-refractivity contribution in [2.75, 3.05) is 13.2 Å². The molecule has 1 aliphatic carbocycles. The second-order valence-electron chi connectivity index (χ2n) is 7.03. The van der Waals surface area contributed by atoms with E-state index in [0.29, 0.717) is 12.0 Å². The number of rotatable bonds is 4. The first-order valence-electron chi connectivity index (χ1n) is 8.58. The van der Waals surface area contributed by atoms with Crippen molar-refractivity contribution in [3.63, 3.8) is 0 Å². The van der Waals surface area contributed by atoms with Crippen molar-refractivity contribution in [1.82, 2.24) is 5.32 Å². The highest BCUT2D eigenvalue weighted by molar-refractivity contribution is 5.33. The van der Waals surface area contributed by atoms with Crippen LogP contribution in [-0.4, -0.2) is 18.8 Å². The second-order valence-corrected chi connectivity index (χ2v) is 7.03. The van der Waals surface area contributed by atoms with Crippen LogP contribution in [0, 0.1) is 19.8 Å². The van der Waals surface area contributed by atoms with E-state index >= 15 is 0 Å². The Morgan fingerprint density at radius 3 is 2.81 bits per heavy atom. The summed E-state index contributed by atoms with van der Waals surface area (Å²) in [5.74, 6) is 0.708. The average Bonchev–Trinajstić information content (AvgIpc) is 2.46. The van der Waals surface area contributed by atoms with Gasteiger partial charge in [0.2, 0.25) is 0 Å². The van der Waals surface area contributed by atoms with Crippen LogP contribution < -0.4 is 5.32 Å². The third kappa shape index (κ3) is 3.02. The molecule has 2 heteroatoms. The molecule has 1 saturated heterocycles. The van der Waals surface area contributed by atoms with Gasteiger partial charge in [-0.05, 0) is 69.5 Å². The van der Waals surface area contributed by atoms with Gasteiger partial charge in [-0.3, -0.25) is 0 Å². The van der Waals surface area contributed by atoms with Gasteiger partial charge in [0.1, 0.15) is 0 Å². The first-order chi connectivity index (χ1) is 10.1. The van der Waals surface area contributed by atoms with Crippen molar-refractivity contribution in [2.24, 2.45) is 5.92 Å². The van der Waals surface area contributed by atoms with Crippen molar-refractivity contribution in [3.05, 3.63) is 34.9 Å². The summed E-state index contributed by atoms with van der Waals surface area (Å²) in [7, 11) is 0. The summed E-state index contributed by atoms with van der Waals surface area (Å²) in [6.07, 6.45) is 6.32. The van der Waals surface area contributed by atoms with E-state index in [2.05, 4.69) is 44.3 Å². The van der Waals surface area contributed by atoms with Gasteiger partial charge >= 0.3 is 0 Å². The Kier molecular flexibility index (Phi) is 4.37. The molecule has 1 aromatic rings. The Balaban J connectivity index is 1.84. The molecule has 2 aliphatic rings. The first kappa shape index (κ1) is 15.1. The topological polar surface area (TPSA) is 21.3 Å². The molecule has 1 aliphatic heterocycles. The van der Waals surface area contributed by atoms with E-state index in [1.807, 2.05) is 0 Å². The van der Waals surface area contributed by atoms with Crippen molar-refractivity contribution in [2.45, 2.75) is 64.5 Å². The van der Waals surface area contributed by atoms with Crippen molar-refractivity contribution < 1.29 is 4.74 Å². The molecule has 1 aromatic carbocycles. The lowest BCUT2D eigenvalue weighted by molar-refractivity contribution is -0.147. The lowest BCUT2D eigenvalue weighted by Gasteiger charge is -2.49. The van der Waals surface area contributed by atoms with Crippen LogP contribution in [0.15, 0.2) is 18.2 Å². The summed E-state index contributed by atoms with van der Waals surface area (Å²) in [4.78, 5) is 0. The number of aryl methyl sites for hydroxylation is 2. The summed E-state index contributed by atoms with van der Waals surface area (Å²) < 4.78 is 6.12. The van der Waals surface area contributed by atoms with E-state index in [0.717, 1.165) is 13.2 Å². The normalized spacial score (nSPS) is 25.6. The number of ether oxygens (including phenoxy) is 1. The maximum atomic E-state index is 6.12. The molecule has 1 spiro atoms. The van der Waals surface area contributed by atoms with Crippen LogP contribution in [0.4, 0.5) is 0 Å². The Labute approximate surface area is 129 Å². The van der Waals surface area contributed by atoms with Crippen molar-refractivity contribution >= 4 is 0 Å². The highest BCUT2D eigenvalue weighted by Gasteiger charge is 2.44. The van der Waals surface area contributed by atoms with Gasteiger partial charge in [0.25, 0.3) is 0 Å². The maximum Gasteiger partial charge on any atom is 0.0686 e. The molecule has 0 aromatic heterocycles. The summed E-state index contributed by atoms with van der Waals surface area (Å²) in [6.45, 7) is 8.64. The molecule has 2 atom stereocenters. The first-order valence-corrected chi connectivity index (χ1v) is 8.58. The quantitative estimate of drug-likeness (QED) is 0.891. The molecular formula is C19H29NO. The van der Waals surface area contributed by atoms with Gasteiger partial charge in [0, 0.05) is 12.6 Å². The monoisotopic (exact) mass is 287 g/mol. The van der Waals surface area contributed by atoms with E-state index < -0.39 is 0 Å². The molecule has 2 nitrogen and oxygen atoms in total. The minimum Gasteiger partial charge on any atom is -0.375 e. The number of hydrogen-bond donors (Lipinski definition) is 1. The van der Waals surface area contributed by atoms with Gasteiger partial charge in [-0.2, -0.15) is 0 Å². The largest absolute Gasteiger partial charge is 0.375 e. The minimum atomic E-state index is 0.230. The highest BCUT2D eigenvalue weighted by atomic mass is 16.5. The molecule has 3 rings (SSSR count). The van der Waals surface area contributed by atoms with Crippen LogP contribution in [0.1, 0.15) is 61.8 Å². The predicted octanol–water partition coefficient (Wildman–Crippen LogP) is 4.30. The number of hydrogen-bond acceptors (Lipinski definition) is 2. The van der Waals surface area contributed by atoms with Crippen LogP contribution in [0.25, 0.3) is 0 Å². The molecule has 0 radical (unpaired) electrons. The van der Waals surface area contributed by atoms with Gasteiger partial charge in [0.05, 0.1) is 5.60 Å². The predicted molar refractivity (Wildman–Crippen MR) is 87.6 cm³/mol. The third-order valence-electron chi connectivity index (χ3n) is 5.46. The van der Waals surface area contributed by atoms with E-state index in [9.17, 15) is 0 Å². The summed E-state index contributed by atoms with van der Waals surface area (Å²) >= 11 is 0. The van der Waals surface area contributed by atoms with Crippen LogP contribution >= 0.6 is 0 Å². The van der Waals surface area contributed by atoms with Crippen LogP contribution in [0.5, 0.6) is 0 Å². The zero-order chi connectivity index (χ0) is 14.9. The van der Waals surface area contributed by atoms with E-state index in [1.54, 1.807) is 0 Å². The molecule has 2 fully saturated rings. The summed E-state index contributed by atoms with van der Waals surface area (Å²) in [6, 6.07) is 7.36. The smallest absolute Gasteiger partial charge is 0.0686 e. The van der Waals surface area contributed by atoms with Crippen molar-refractivity contribution in [3.8, 4) is 0 Å². The second kappa shape index (κ2) is 6.10. The van der Waals surface area contributed by atoms with E-state index in [1.165, 1.54) is 48.8 Å². The maximum absolute atomic E-state index is 6.12. The standard InChI is InChI=1S/C19H29NO/c1-4-20-18(17-12-14(2)6-7-15(17)3)16-8-11-21-19(13-16)9-5-10-19/h6-7,12,16,18,20H,4-5,8-11,13H2,1-3H3. The molecular weight excluding hydrogens is 258 g/mol. The Hall–Kier alpha value is -0.860. The molecule has 0 amide bonds. The molecule has 0 bridgehead atoms. The number of benzene rings is 1. The lowest BCUT2D eigenvalue weighted by atomic mass is 9.69. The lowest BCUT2D eigenvalue weighted by Crippen LogP contribution is -2.48. The van der Waals surface area contributed by atoms with Crippen LogP contribution in [-0.2, 0) is 4.74 Å². The van der Waals surface area contributed by atoms with E-state index in [-0.39, 0.29) is 5.60 Å². The van der Waals surface area contributed by atoms with Crippen LogP contribution in [0.2, 0.25) is 0 Å². The highest BCUT2D eigenvalue weighted by Crippen LogP contribution is 2.47. The Morgan fingerprint density at radius 2 is 2.14 bits per heavy atom. The summed E-state index contributed by atoms with van der Waals surface area (Å²) in [5.41, 5.74) is 4.51. The minimum absolute atomic E-state index is 0.230.